The molecule has 0 aliphatic heterocycles. The maximum atomic E-state index is 12.1. The maximum Gasteiger partial charge on any atom is 0.320 e. The van der Waals surface area contributed by atoms with Crippen molar-refractivity contribution in [3.05, 3.63) is 12.7 Å². The molecule has 0 aromatic rings. The number of allylic oxidation sites excluding steroid dienone is 1. The van der Waals surface area contributed by atoms with Crippen LogP contribution in [0.5, 0.6) is 0 Å². The van der Waals surface area contributed by atoms with Gasteiger partial charge in [0.2, 0.25) is 8.32 Å². The third kappa shape index (κ3) is 17.6. The van der Waals surface area contributed by atoms with Crippen molar-refractivity contribution in [2.45, 2.75) is 104 Å². The van der Waals surface area contributed by atoms with Crippen molar-refractivity contribution >= 4 is 40.0 Å². The van der Waals surface area contributed by atoms with Gasteiger partial charge in [0.25, 0.3) is 0 Å². The highest BCUT2D eigenvalue weighted by Gasteiger charge is 2.43. The second-order valence-corrected chi connectivity index (χ2v) is 24.7. The molecule has 0 aromatic heterocycles. The fraction of sp³-hybridized carbons (Fsp3) is 0.850. The molecule has 0 aliphatic carbocycles. The molecule has 178 valence electrons. The van der Waals surface area contributed by atoms with E-state index in [1.165, 1.54) is 25.7 Å². The van der Waals surface area contributed by atoms with E-state index in [-0.39, 0.29) is 5.97 Å². The minimum absolute atomic E-state index is 0.141. The van der Waals surface area contributed by atoms with Crippen molar-refractivity contribution in [3.63, 3.8) is 0 Å². The molecule has 0 heterocycles. The third-order valence-corrected chi connectivity index (χ3v) is 17.0. The second-order valence-electron chi connectivity index (χ2n) is 9.92. The van der Waals surface area contributed by atoms with Crippen molar-refractivity contribution < 1.29 is 26.7 Å². The lowest BCUT2D eigenvalue weighted by atomic mass is 10.1. The van der Waals surface area contributed by atoms with Gasteiger partial charge < -0.3 is 21.9 Å². The third-order valence-electron chi connectivity index (χ3n) is 4.13. The number of carbonyl (C=O) groups is 1. The molecule has 0 aromatic carbocycles. The second kappa shape index (κ2) is 13.5. The quantitative estimate of drug-likeness (QED) is 0.120. The molecule has 30 heavy (non-hydrogen) atoms. The van der Waals surface area contributed by atoms with E-state index in [4.69, 9.17) is 17.1 Å². The average Bonchev–Trinajstić information content (AvgIpc) is 2.51. The Morgan fingerprint density at radius 3 is 1.83 bits per heavy atom. The summed E-state index contributed by atoms with van der Waals surface area (Å²) in [7, 11) is -9.88. The van der Waals surface area contributed by atoms with Crippen LogP contribution in [0.3, 0.4) is 0 Å². The van der Waals surface area contributed by atoms with Gasteiger partial charge in [0.05, 0.1) is 0 Å². The van der Waals surface area contributed by atoms with Crippen LogP contribution in [-0.2, 0) is 21.9 Å². The van der Waals surface area contributed by atoms with Gasteiger partial charge in [-0.2, -0.15) is 0 Å². The summed E-state index contributed by atoms with van der Waals surface area (Å²) in [6.07, 6.45) is 10.6. The van der Waals surface area contributed by atoms with E-state index in [1.807, 2.05) is 45.4 Å². The fourth-order valence-electron chi connectivity index (χ4n) is 3.52. The van der Waals surface area contributed by atoms with Gasteiger partial charge in [-0.15, -0.1) is 6.58 Å². The van der Waals surface area contributed by atoms with Gasteiger partial charge in [0.1, 0.15) is 6.23 Å². The number of hydrogen-bond acceptors (Lipinski definition) is 6. The molecular weight excluding hydrogens is 449 g/mol. The highest BCUT2D eigenvalue weighted by Crippen LogP contribution is 2.23. The smallest absolute Gasteiger partial charge is 0.320 e. The van der Waals surface area contributed by atoms with Crippen molar-refractivity contribution in [3.8, 4) is 0 Å². The van der Waals surface area contributed by atoms with E-state index < -0.39 is 34.0 Å². The van der Waals surface area contributed by atoms with Crippen molar-refractivity contribution in [2.75, 3.05) is 6.23 Å². The molecule has 0 spiro atoms. The molecule has 0 rings (SSSR count). The van der Waals surface area contributed by atoms with Gasteiger partial charge in [0, 0.05) is 6.42 Å². The molecule has 0 saturated carbocycles. The van der Waals surface area contributed by atoms with Crippen LogP contribution in [0.1, 0.15) is 51.4 Å². The largest absolute Gasteiger partial charge is 0.466 e. The van der Waals surface area contributed by atoms with E-state index in [0.29, 0.717) is 12.7 Å². The Balaban J connectivity index is 4.25. The van der Waals surface area contributed by atoms with Crippen LogP contribution < -0.4 is 0 Å². The minimum atomic E-state index is -2.67. The summed E-state index contributed by atoms with van der Waals surface area (Å²) < 4.78 is 24.0. The first kappa shape index (κ1) is 29.9. The Morgan fingerprint density at radius 1 is 0.800 bits per heavy atom. The zero-order valence-electron chi connectivity index (χ0n) is 20.6. The predicted molar refractivity (Wildman–Crippen MR) is 133 cm³/mol. The lowest BCUT2D eigenvalue weighted by molar-refractivity contribution is -0.142. The summed E-state index contributed by atoms with van der Waals surface area (Å²) >= 11 is 0. The number of carbonyl (C=O) groups excluding carboxylic acids is 1. The van der Waals surface area contributed by atoms with Gasteiger partial charge in [-0.25, -0.2) is 0 Å². The highest BCUT2D eigenvalue weighted by atomic mass is 28.5. The van der Waals surface area contributed by atoms with Crippen molar-refractivity contribution in [1.29, 1.82) is 0 Å². The monoisotopic (exact) mass is 494 g/mol. The standard InChI is InChI=1S/C20H46O6Si4/c1-10-11-12-13-14-15-16-17-18-20(21)23-19-27(2,3)24-29(6,7)26-30(8,9)25-28(4,5)22/h10,22H,1,11-19H2,2-9H3. The number of unbranched alkanes of at least 4 members (excludes halogenated alkanes) is 6. The molecule has 0 aliphatic rings. The number of ether oxygens (including phenoxy) is 1. The first-order valence-corrected chi connectivity index (χ1v) is 22.8. The van der Waals surface area contributed by atoms with E-state index in [1.54, 1.807) is 13.1 Å². The Hall–Kier alpha value is -0.0825. The van der Waals surface area contributed by atoms with Crippen LogP contribution in [0.4, 0.5) is 0 Å². The summed E-state index contributed by atoms with van der Waals surface area (Å²) in [4.78, 5) is 22.2. The predicted octanol–water partition coefficient (Wildman–Crippen LogP) is 5.73. The molecular formula is C20H46O6Si4. The molecule has 0 fully saturated rings. The highest BCUT2D eigenvalue weighted by molar-refractivity contribution is 6.88. The Bertz CT molecular complexity index is 518. The van der Waals surface area contributed by atoms with Gasteiger partial charge in [-0.1, -0.05) is 31.8 Å². The summed E-state index contributed by atoms with van der Waals surface area (Å²) in [6, 6.07) is 0. The molecule has 1 N–H and O–H groups in total. The molecule has 10 heteroatoms. The first-order chi connectivity index (χ1) is 13.6. The molecule has 6 nitrogen and oxygen atoms in total. The van der Waals surface area contributed by atoms with Crippen LogP contribution >= 0.6 is 0 Å². The van der Waals surface area contributed by atoms with Gasteiger partial charge in [-0.05, 0) is 71.6 Å². The van der Waals surface area contributed by atoms with Crippen LogP contribution in [0.15, 0.2) is 12.7 Å². The summed E-state index contributed by atoms with van der Waals surface area (Å²) in [5, 5.41) is 0. The van der Waals surface area contributed by atoms with E-state index in [2.05, 4.69) is 6.58 Å². The fourth-order valence-corrected chi connectivity index (χ4v) is 20.2. The summed E-state index contributed by atoms with van der Waals surface area (Å²) in [5.41, 5.74) is 0. The van der Waals surface area contributed by atoms with E-state index in [9.17, 15) is 9.59 Å². The molecule has 0 amide bonds. The van der Waals surface area contributed by atoms with Gasteiger partial charge >= 0.3 is 31.7 Å². The number of hydrogen-bond donors (Lipinski definition) is 1. The lowest BCUT2D eigenvalue weighted by Gasteiger charge is -2.39. The molecule has 0 saturated heterocycles. The zero-order valence-corrected chi connectivity index (χ0v) is 24.6. The van der Waals surface area contributed by atoms with Crippen LogP contribution in [0, 0.1) is 0 Å². The van der Waals surface area contributed by atoms with Gasteiger partial charge in [-0.3, -0.25) is 4.79 Å². The lowest BCUT2D eigenvalue weighted by Crippen LogP contribution is -2.57. The van der Waals surface area contributed by atoms with E-state index >= 15 is 0 Å². The Kier molecular flexibility index (Phi) is 13.4. The number of rotatable bonds is 17. The molecule has 0 unspecified atom stereocenters. The van der Waals surface area contributed by atoms with Crippen LogP contribution in [0.25, 0.3) is 0 Å². The normalized spacial score (nSPS) is 13.4. The Labute approximate surface area is 189 Å². The van der Waals surface area contributed by atoms with Crippen LogP contribution in [0.2, 0.25) is 52.4 Å². The average molecular weight is 495 g/mol. The van der Waals surface area contributed by atoms with E-state index in [0.717, 1.165) is 19.3 Å². The number of esters is 1. The molecule has 0 bridgehead atoms. The Morgan fingerprint density at radius 2 is 1.30 bits per heavy atom. The summed E-state index contributed by atoms with van der Waals surface area (Å²) in [6.45, 7) is 19.1. The zero-order chi connectivity index (χ0) is 23.5. The molecule has 0 radical (unpaired) electrons. The topological polar surface area (TPSA) is 74.2 Å². The SMILES string of the molecule is C=CCCCCCCCCC(=O)OC[Si](C)(C)O[Si](C)(C)O[Si](C)(C)O[Si](C)(C)O. The van der Waals surface area contributed by atoms with Crippen molar-refractivity contribution in [1.82, 2.24) is 0 Å². The van der Waals surface area contributed by atoms with Crippen molar-refractivity contribution in [2.24, 2.45) is 0 Å². The molecule has 0 atom stereocenters. The maximum absolute atomic E-state index is 12.1. The van der Waals surface area contributed by atoms with Crippen LogP contribution in [-0.4, -0.2) is 51.0 Å². The summed E-state index contributed by atoms with van der Waals surface area (Å²) in [5.74, 6) is -0.141. The first-order valence-electron chi connectivity index (χ1n) is 11.2. The minimum Gasteiger partial charge on any atom is -0.466 e. The van der Waals surface area contributed by atoms with Gasteiger partial charge in [0.15, 0.2) is 0 Å².